The van der Waals surface area contributed by atoms with E-state index < -0.39 is 0 Å². The maximum absolute atomic E-state index is 4.66. The highest BCUT2D eigenvalue weighted by Gasteiger charge is 2.13. The van der Waals surface area contributed by atoms with Crippen LogP contribution in [0.15, 0.2) is 58.3 Å². The van der Waals surface area contributed by atoms with Crippen LogP contribution in [0.2, 0.25) is 0 Å². The molecule has 0 N–H and O–H groups in total. The molecule has 22 heavy (non-hydrogen) atoms. The number of allylic oxidation sites excluding steroid dienone is 5. The summed E-state index contributed by atoms with van der Waals surface area (Å²) in [7, 11) is 0. The van der Waals surface area contributed by atoms with Crippen LogP contribution in [0.1, 0.15) is 58.1 Å². The van der Waals surface area contributed by atoms with Crippen molar-refractivity contribution >= 4 is 11.3 Å². The number of aryl methyl sites for hydroxylation is 1. The summed E-state index contributed by atoms with van der Waals surface area (Å²) in [5.41, 5.74) is 9.26. The largest absolute Gasteiger partial charge is 0.261 e. The van der Waals surface area contributed by atoms with Crippen molar-refractivity contribution in [2.45, 2.75) is 53.9 Å². The minimum absolute atomic E-state index is 1.05. The van der Waals surface area contributed by atoms with Crippen LogP contribution in [0.3, 0.4) is 0 Å². The van der Waals surface area contributed by atoms with Gasteiger partial charge in [-0.1, -0.05) is 47.9 Å². The summed E-state index contributed by atoms with van der Waals surface area (Å²) >= 11 is 0. The molecule has 0 spiro atoms. The van der Waals surface area contributed by atoms with Crippen molar-refractivity contribution in [1.29, 1.82) is 0 Å². The van der Waals surface area contributed by atoms with Crippen LogP contribution in [-0.4, -0.2) is 5.71 Å². The Hall–Kier alpha value is -1.89. The number of aliphatic imine (C=N–C) groups is 1. The third-order valence-corrected chi connectivity index (χ3v) is 4.40. The molecule has 0 aliphatic heterocycles. The van der Waals surface area contributed by atoms with Gasteiger partial charge >= 0.3 is 0 Å². The quantitative estimate of drug-likeness (QED) is 0.581. The first-order valence-corrected chi connectivity index (χ1v) is 8.19. The number of nitrogens with zero attached hydrogens (tertiary/aromatic N) is 1. The molecule has 0 heterocycles. The smallest absolute Gasteiger partial charge is 0.0444 e. The second-order valence-electron chi connectivity index (χ2n) is 6.27. The van der Waals surface area contributed by atoms with Gasteiger partial charge in [0.15, 0.2) is 0 Å². The van der Waals surface area contributed by atoms with E-state index >= 15 is 0 Å². The van der Waals surface area contributed by atoms with Crippen molar-refractivity contribution in [3.05, 3.63) is 64.4 Å². The van der Waals surface area contributed by atoms with Crippen LogP contribution in [0.25, 0.3) is 5.57 Å². The highest BCUT2D eigenvalue weighted by molar-refractivity contribution is 6.03. The molecule has 2 rings (SSSR count). The van der Waals surface area contributed by atoms with Crippen LogP contribution in [0.5, 0.6) is 0 Å². The average molecular weight is 293 g/mol. The van der Waals surface area contributed by atoms with Crippen molar-refractivity contribution in [2.24, 2.45) is 4.99 Å². The van der Waals surface area contributed by atoms with E-state index in [1.54, 1.807) is 0 Å². The zero-order valence-electron chi connectivity index (χ0n) is 14.5. The molecule has 0 radical (unpaired) electrons. The van der Waals surface area contributed by atoms with Gasteiger partial charge in [0.05, 0.1) is 0 Å². The van der Waals surface area contributed by atoms with Crippen molar-refractivity contribution in [3.63, 3.8) is 0 Å². The van der Waals surface area contributed by atoms with Gasteiger partial charge in [-0.05, 0) is 69.7 Å². The predicted molar refractivity (Wildman–Crippen MR) is 98.2 cm³/mol. The van der Waals surface area contributed by atoms with Crippen molar-refractivity contribution in [1.82, 2.24) is 0 Å². The normalized spacial score (nSPS) is 16.9. The Balaban J connectivity index is 2.32. The zero-order valence-corrected chi connectivity index (χ0v) is 14.5. The van der Waals surface area contributed by atoms with Gasteiger partial charge in [0, 0.05) is 11.9 Å². The SMILES string of the molecule is CC/C(C)=C/N=C(C)C1=C(C)CCC(c2ccc(C)cc2)=C1. The molecule has 1 aromatic rings. The molecule has 1 aromatic carbocycles. The Bertz CT molecular complexity index is 652. The highest BCUT2D eigenvalue weighted by atomic mass is 14.7. The van der Waals surface area contributed by atoms with Crippen LogP contribution in [0.4, 0.5) is 0 Å². The fourth-order valence-electron chi connectivity index (χ4n) is 2.60. The van der Waals surface area contributed by atoms with Crippen LogP contribution < -0.4 is 0 Å². The molecule has 1 heteroatoms. The molecular formula is C21H27N. The van der Waals surface area contributed by atoms with Gasteiger partial charge in [0.2, 0.25) is 0 Å². The molecule has 0 bridgehead atoms. The second kappa shape index (κ2) is 7.40. The topological polar surface area (TPSA) is 12.4 Å². The first kappa shape index (κ1) is 16.5. The second-order valence-corrected chi connectivity index (χ2v) is 6.27. The van der Waals surface area contributed by atoms with Crippen molar-refractivity contribution < 1.29 is 0 Å². The summed E-state index contributed by atoms with van der Waals surface area (Å²) < 4.78 is 0. The predicted octanol–water partition coefficient (Wildman–Crippen LogP) is 6.26. The molecule has 0 amide bonds. The van der Waals surface area contributed by atoms with E-state index in [-0.39, 0.29) is 0 Å². The lowest BCUT2D eigenvalue weighted by molar-refractivity contribution is 0.966. The third-order valence-electron chi connectivity index (χ3n) is 4.40. The van der Waals surface area contributed by atoms with E-state index in [0.29, 0.717) is 0 Å². The van der Waals surface area contributed by atoms with E-state index in [1.807, 2.05) is 6.20 Å². The first-order valence-electron chi connectivity index (χ1n) is 8.19. The fraction of sp³-hybridized carbons (Fsp3) is 0.381. The van der Waals surface area contributed by atoms with E-state index in [9.17, 15) is 0 Å². The fourth-order valence-corrected chi connectivity index (χ4v) is 2.60. The maximum atomic E-state index is 4.66. The maximum Gasteiger partial charge on any atom is 0.0444 e. The standard InChI is InChI=1S/C21H27N/c1-6-15(2)14-22-18(5)21-13-20(12-9-17(21)4)19-10-7-16(3)8-11-19/h7-8,10-11,13-14H,6,9,12H2,1-5H3/b15-14+,22-18?. The minimum atomic E-state index is 1.05. The number of hydrogen-bond acceptors (Lipinski definition) is 1. The van der Waals surface area contributed by atoms with E-state index in [0.717, 1.165) is 25.0 Å². The lowest BCUT2D eigenvalue weighted by Gasteiger charge is -2.18. The van der Waals surface area contributed by atoms with E-state index in [1.165, 1.54) is 33.4 Å². The molecule has 0 saturated carbocycles. The summed E-state index contributed by atoms with van der Waals surface area (Å²) in [5.74, 6) is 0. The molecule has 0 aromatic heterocycles. The molecule has 0 unspecified atom stereocenters. The number of rotatable bonds is 4. The summed E-state index contributed by atoms with van der Waals surface area (Å²) in [4.78, 5) is 4.66. The lowest BCUT2D eigenvalue weighted by Crippen LogP contribution is -2.04. The Kier molecular flexibility index (Phi) is 5.54. The molecule has 1 aliphatic carbocycles. The van der Waals surface area contributed by atoms with Crippen LogP contribution in [-0.2, 0) is 0 Å². The lowest BCUT2D eigenvalue weighted by atomic mass is 9.87. The zero-order chi connectivity index (χ0) is 16.1. The summed E-state index contributed by atoms with van der Waals surface area (Å²) in [5, 5.41) is 0. The molecule has 0 saturated heterocycles. The molecular weight excluding hydrogens is 266 g/mol. The monoisotopic (exact) mass is 293 g/mol. The Morgan fingerprint density at radius 3 is 2.41 bits per heavy atom. The average Bonchev–Trinajstić information content (AvgIpc) is 2.53. The molecule has 0 atom stereocenters. The van der Waals surface area contributed by atoms with Gasteiger partial charge in [0.1, 0.15) is 0 Å². The molecule has 1 nitrogen and oxygen atoms in total. The van der Waals surface area contributed by atoms with Crippen LogP contribution >= 0.6 is 0 Å². The van der Waals surface area contributed by atoms with Crippen molar-refractivity contribution in [2.75, 3.05) is 0 Å². The van der Waals surface area contributed by atoms with Gasteiger partial charge in [-0.2, -0.15) is 0 Å². The number of hydrogen-bond donors (Lipinski definition) is 0. The van der Waals surface area contributed by atoms with Gasteiger partial charge < -0.3 is 0 Å². The summed E-state index contributed by atoms with van der Waals surface area (Å²) in [6.07, 6.45) is 7.63. The Morgan fingerprint density at radius 2 is 1.77 bits per heavy atom. The Morgan fingerprint density at radius 1 is 1.09 bits per heavy atom. The first-order chi connectivity index (χ1) is 10.5. The Labute approximate surface area is 135 Å². The summed E-state index contributed by atoms with van der Waals surface area (Å²) in [6.45, 7) is 10.8. The van der Waals surface area contributed by atoms with E-state index in [2.05, 4.69) is 70.0 Å². The summed E-state index contributed by atoms with van der Waals surface area (Å²) in [6, 6.07) is 8.84. The van der Waals surface area contributed by atoms with E-state index in [4.69, 9.17) is 0 Å². The minimum Gasteiger partial charge on any atom is -0.261 e. The highest BCUT2D eigenvalue weighted by Crippen LogP contribution is 2.31. The van der Waals surface area contributed by atoms with Gasteiger partial charge in [-0.3, -0.25) is 4.99 Å². The number of benzene rings is 1. The van der Waals surface area contributed by atoms with Crippen LogP contribution in [0, 0.1) is 6.92 Å². The van der Waals surface area contributed by atoms with Gasteiger partial charge in [-0.25, -0.2) is 0 Å². The molecule has 0 fully saturated rings. The molecule has 1 aliphatic rings. The van der Waals surface area contributed by atoms with Gasteiger partial charge in [0.25, 0.3) is 0 Å². The van der Waals surface area contributed by atoms with Gasteiger partial charge in [-0.15, -0.1) is 0 Å². The van der Waals surface area contributed by atoms with Crippen molar-refractivity contribution in [3.8, 4) is 0 Å². The third kappa shape index (κ3) is 4.07. The molecule has 116 valence electrons.